The van der Waals surface area contributed by atoms with Crippen molar-refractivity contribution in [1.29, 1.82) is 0 Å². The maximum Gasteiger partial charge on any atom is 0.510 e. The zero-order chi connectivity index (χ0) is 14.3. The summed E-state index contributed by atoms with van der Waals surface area (Å²) in [6.07, 6.45) is 8.81. The van der Waals surface area contributed by atoms with Crippen LogP contribution in [0.2, 0.25) is 0 Å². The van der Waals surface area contributed by atoms with Gasteiger partial charge in [0.2, 0.25) is 5.79 Å². The van der Waals surface area contributed by atoms with E-state index in [4.69, 9.17) is 18.9 Å². The van der Waals surface area contributed by atoms with Gasteiger partial charge in [-0.1, -0.05) is 19.3 Å². The minimum Gasteiger partial charge on any atom is -0.435 e. The molecule has 2 aliphatic rings. The third-order valence-electron chi connectivity index (χ3n) is 3.86. The van der Waals surface area contributed by atoms with Crippen molar-refractivity contribution in [2.45, 2.75) is 70.2 Å². The van der Waals surface area contributed by atoms with E-state index in [0.29, 0.717) is 19.3 Å². The van der Waals surface area contributed by atoms with Crippen LogP contribution in [0.4, 0.5) is 4.79 Å². The number of epoxide rings is 1. The summed E-state index contributed by atoms with van der Waals surface area (Å²) < 4.78 is 21.0. The smallest absolute Gasteiger partial charge is 0.435 e. The Morgan fingerprint density at radius 2 is 2.00 bits per heavy atom. The van der Waals surface area contributed by atoms with Gasteiger partial charge < -0.3 is 18.9 Å². The lowest BCUT2D eigenvalue weighted by atomic mass is 10.1. The van der Waals surface area contributed by atoms with Gasteiger partial charge in [0.05, 0.1) is 12.7 Å². The fourth-order valence-corrected chi connectivity index (χ4v) is 2.61. The monoisotopic (exact) mass is 286 g/mol. The normalized spacial score (nSPS) is 25.6. The van der Waals surface area contributed by atoms with Crippen LogP contribution in [0.3, 0.4) is 0 Å². The van der Waals surface area contributed by atoms with Gasteiger partial charge in [-0.2, -0.15) is 0 Å². The second-order valence-corrected chi connectivity index (χ2v) is 5.57. The predicted molar refractivity (Wildman–Crippen MR) is 73.5 cm³/mol. The van der Waals surface area contributed by atoms with Crippen molar-refractivity contribution < 1.29 is 23.7 Å². The molecule has 0 aromatic carbocycles. The summed E-state index contributed by atoms with van der Waals surface area (Å²) in [7, 11) is 0. The van der Waals surface area contributed by atoms with Crippen molar-refractivity contribution in [1.82, 2.24) is 0 Å². The van der Waals surface area contributed by atoms with Gasteiger partial charge in [-0.05, 0) is 32.6 Å². The van der Waals surface area contributed by atoms with E-state index in [2.05, 4.69) is 0 Å². The van der Waals surface area contributed by atoms with E-state index < -0.39 is 11.9 Å². The Labute approximate surface area is 120 Å². The number of ether oxygens (including phenoxy) is 4. The molecule has 5 nitrogen and oxygen atoms in total. The average Bonchev–Trinajstić information content (AvgIpc) is 2.98. The predicted octanol–water partition coefficient (Wildman–Crippen LogP) is 3.41. The molecule has 1 unspecified atom stereocenters. The van der Waals surface area contributed by atoms with Crippen LogP contribution in [0.1, 0.15) is 58.3 Å². The molecule has 1 heterocycles. The quantitative estimate of drug-likeness (QED) is 0.369. The van der Waals surface area contributed by atoms with Crippen molar-refractivity contribution in [3.05, 3.63) is 0 Å². The molecular weight excluding hydrogens is 260 g/mol. The number of rotatable bonds is 9. The van der Waals surface area contributed by atoms with Crippen molar-refractivity contribution in [2.75, 3.05) is 19.8 Å². The topological polar surface area (TPSA) is 57.3 Å². The van der Waals surface area contributed by atoms with E-state index in [9.17, 15) is 4.79 Å². The summed E-state index contributed by atoms with van der Waals surface area (Å²) in [5, 5.41) is 0. The Balaban J connectivity index is 1.47. The number of hydrogen-bond acceptors (Lipinski definition) is 5. The Morgan fingerprint density at radius 1 is 1.25 bits per heavy atom. The third kappa shape index (κ3) is 5.29. The number of carbonyl (C=O) groups excluding carboxylic acids is 1. The first-order chi connectivity index (χ1) is 9.74. The summed E-state index contributed by atoms with van der Waals surface area (Å²) in [4.78, 5) is 11.2. The zero-order valence-electron chi connectivity index (χ0n) is 12.4. The van der Waals surface area contributed by atoms with Gasteiger partial charge in [0.1, 0.15) is 6.61 Å². The Morgan fingerprint density at radius 3 is 2.65 bits per heavy atom. The van der Waals surface area contributed by atoms with Gasteiger partial charge >= 0.3 is 6.16 Å². The highest BCUT2D eigenvalue weighted by Gasteiger charge is 2.49. The Bertz CT molecular complexity index is 295. The van der Waals surface area contributed by atoms with Crippen LogP contribution in [-0.2, 0) is 18.9 Å². The van der Waals surface area contributed by atoms with Crippen molar-refractivity contribution in [3.63, 3.8) is 0 Å². The molecule has 0 bridgehead atoms. The minimum absolute atomic E-state index is 0.327. The molecule has 0 aromatic rings. The van der Waals surface area contributed by atoms with Crippen LogP contribution in [0, 0.1) is 0 Å². The molecule has 20 heavy (non-hydrogen) atoms. The van der Waals surface area contributed by atoms with Gasteiger partial charge in [-0.3, -0.25) is 0 Å². The molecular formula is C15H26O5. The molecule has 0 amide bonds. The van der Waals surface area contributed by atoms with Gasteiger partial charge in [0.25, 0.3) is 0 Å². The molecule has 1 aliphatic heterocycles. The first kappa shape index (κ1) is 15.6. The lowest BCUT2D eigenvalue weighted by Gasteiger charge is -2.13. The van der Waals surface area contributed by atoms with Crippen LogP contribution < -0.4 is 0 Å². The minimum atomic E-state index is -0.696. The SMILES string of the molecule is CCOC(=O)OC1(CCCCCOC2CCCC2)CO1. The molecule has 1 saturated carbocycles. The third-order valence-corrected chi connectivity index (χ3v) is 3.86. The van der Waals surface area contributed by atoms with Crippen LogP contribution >= 0.6 is 0 Å². The molecule has 0 spiro atoms. The number of unbranched alkanes of at least 4 members (excludes halogenated alkanes) is 2. The average molecular weight is 286 g/mol. The van der Waals surface area contributed by atoms with E-state index >= 15 is 0 Å². The summed E-state index contributed by atoms with van der Waals surface area (Å²) in [5.74, 6) is -0.696. The second-order valence-electron chi connectivity index (χ2n) is 5.57. The fourth-order valence-electron chi connectivity index (χ4n) is 2.61. The molecule has 2 fully saturated rings. The van der Waals surface area contributed by atoms with E-state index in [-0.39, 0.29) is 0 Å². The number of hydrogen-bond donors (Lipinski definition) is 0. The fraction of sp³-hybridized carbons (Fsp3) is 0.933. The summed E-state index contributed by atoms with van der Waals surface area (Å²) >= 11 is 0. The van der Waals surface area contributed by atoms with Gasteiger partial charge in [0, 0.05) is 13.0 Å². The van der Waals surface area contributed by atoms with Crippen molar-refractivity contribution in [2.24, 2.45) is 0 Å². The first-order valence-electron chi connectivity index (χ1n) is 7.85. The van der Waals surface area contributed by atoms with Crippen LogP contribution in [0.25, 0.3) is 0 Å². The largest absolute Gasteiger partial charge is 0.510 e. The summed E-state index contributed by atoms with van der Waals surface area (Å²) in [6.45, 7) is 3.42. The molecule has 116 valence electrons. The molecule has 0 N–H and O–H groups in total. The lowest BCUT2D eigenvalue weighted by molar-refractivity contribution is -0.0384. The molecule has 2 rings (SSSR count). The molecule has 0 aromatic heterocycles. The standard InChI is InChI=1S/C15H26O5/c1-2-17-14(16)20-15(12-19-15)10-6-3-7-11-18-13-8-4-5-9-13/h13H,2-12H2,1H3. The first-order valence-corrected chi connectivity index (χ1v) is 7.85. The maximum absolute atomic E-state index is 11.2. The highest BCUT2D eigenvalue weighted by Crippen LogP contribution is 2.34. The Kier molecular flexibility index (Phi) is 6.10. The van der Waals surface area contributed by atoms with Crippen LogP contribution in [0.15, 0.2) is 0 Å². The summed E-state index contributed by atoms with van der Waals surface area (Å²) in [6, 6.07) is 0. The second kappa shape index (κ2) is 7.84. The maximum atomic E-state index is 11.2. The zero-order valence-corrected chi connectivity index (χ0v) is 12.4. The lowest BCUT2D eigenvalue weighted by Crippen LogP contribution is -2.22. The summed E-state index contributed by atoms with van der Waals surface area (Å²) in [5.41, 5.74) is 0. The van der Waals surface area contributed by atoms with E-state index in [1.165, 1.54) is 25.7 Å². The van der Waals surface area contributed by atoms with Crippen LogP contribution in [-0.4, -0.2) is 37.9 Å². The molecule has 1 saturated heterocycles. The van der Waals surface area contributed by atoms with Gasteiger partial charge in [0.15, 0.2) is 0 Å². The van der Waals surface area contributed by atoms with Gasteiger partial charge in [-0.25, -0.2) is 4.79 Å². The molecule has 0 radical (unpaired) electrons. The van der Waals surface area contributed by atoms with Gasteiger partial charge in [-0.15, -0.1) is 0 Å². The van der Waals surface area contributed by atoms with Crippen LogP contribution in [0.5, 0.6) is 0 Å². The van der Waals surface area contributed by atoms with E-state index in [1.54, 1.807) is 6.92 Å². The molecule has 1 atom stereocenters. The molecule has 1 aliphatic carbocycles. The van der Waals surface area contributed by atoms with E-state index in [1.807, 2.05) is 0 Å². The highest BCUT2D eigenvalue weighted by atomic mass is 16.8. The Hall–Kier alpha value is -0.810. The van der Waals surface area contributed by atoms with Crippen molar-refractivity contribution in [3.8, 4) is 0 Å². The molecule has 5 heteroatoms. The van der Waals surface area contributed by atoms with E-state index in [0.717, 1.165) is 32.3 Å². The highest BCUT2D eigenvalue weighted by molar-refractivity contribution is 5.60. The van der Waals surface area contributed by atoms with Crippen molar-refractivity contribution >= 4 is 6.16 Å². The number of carbonyl (C=O) groups is 1.